The zero-order chi connectivity index (χ0) is 30.4. The van der Waals surface area contributed by atoms with Crippen LogP contribution in [-0.2, 0) is 14.3 Å². The van der Waals surface area contributed by atoms with Crippen molar-refractivity contribution in [2.45, 2.75) is 63.7 Å². The van der Waals surface area contributed by atoms with Crippen LogP contribution in [-0.4, -0.2) is 84.9 Å². The summed E-state index contributed by atoms with van der Waals surface area (Å²) in [6, 6.07) is 18.8. The molecule has 0 aliphatic carbocycles. The molecule has 3 atom stereocenters. The number of rotatable bonds is 4. The number of urea groups is 1. The number of hydrogen-bond donors (Lipinski definition) is 2. The van der Waals surface area contributed by atoms with Crippen LogP contribution < -0.4 is 10.6 Å². The first-order chi connectivity index (χ1) is 20.7. The molecule has 4 amide bonds. The number of nitrogens with zero attached hydrogens (tertiary/aromatic N) is 2. The topological polar surface area (TPSA) is 100 Å². The number of nitrogens with one attached hydrogen (secondary N) is 2. The number of benzene rings is 2. The summed E-state index contributed by atoms with van der Waals surface area (Å²) in [4.78, 5) is 41.0. The van der Waals surface area contributed by atoms with E-state index in [1.54, 1.807) is 0 Å². The molecule has 228 valence electrons. The second-order valence-electron chi connectivity index (χ2n) is 12.5. The maximum atomic E-state index is 13.5. The van der Waals surface area contributed by atoms with E-state index >= 15 is 0 Å². The van der Waals surface area contributed by atoms with Crippen LogP contribution in [0.4, 0.5) is 9.59 Å². The smallest absolute Gasteiger partial charge is 0.408 e. The Morgan fingerprint density at radius 1 is 1.02 bits per heavy atom. The van der Waals surface area contributed by atoms with Gasteiger partial charge in [-0.25, -0.2) is 9.59 Å². The number of likely N-dealkylation sites (tertiary alicyclic amines) is 2. The monoisotopic (exact) mass is 586 g/mol. The summed E-state index contributed by atoms with van der Waals surface area (Å²) in [7, 11) is 0. The van der Waals surface area contributed by atoms with Crippen LogP contribution in [0.3, 0.4) is 0 Å². The molecule has 9 heteroatoms. The van der Waals surface area contributed by atoms with Crippen molar-refractivity contribution in [3.63, 3.8) is 0 Å². The molecule has 0 aromatic heterocycles. The second-order valence-corrected chi connectivity index (χ2v) is 12.5. The lowest BCUT2D eigenvalue weighted by Crippen LogP contribution is -2.62. The minimum Gasteiger partial charge on any atom is -0.444 e. The Hall–Kier alpha value is -4.03. The summed E-state index contributed by atoms with van der Waals surface area (Å²) in [5.41, 5.74) is 2.78. The van der Waals surface area contributed by atoms with Crippen LogP contribution in [0.25, 0.3) is 0 Å². The molecule has 3 heterocycles. The van der Waals surface area contributed by atoms with Crippen molar-refractivity contribution in [3.05, 3.63) is 71.3 Å². The van der Waals surface area contributed by atoms with E-state index in [1.807, 2.05) is 48.8 Å². The molecule has 3 saturated heterocycles. The molecule has 43 heavy (non-hydrogen) atoms. The maximum absolute atomic E-state index is 13.5. The van der Waals surface area contributed by atoms with Crippen molar-refractivity contribution < 1.29 is 23.9 Å². The van der Waals surface area contributed by atoms with Crippen LogP contribution >= 0.6 is 0 Å². The van der Waals surface area contributed by atoms with E-state index in [1.165, 1.54) is 11.1 Å². The number of carbonyl (C=O) groups is 3. The third-order valence-corrected chi connectivity index (χ3v) is 8.23. The fourth-order valence-electron chi connectivity index (χ4n) is 6.28. The van der Waals surface area contributed by atoms with Gasteiger partial charge in [-0.3, -0.25) is 4.79 Å². The van der Waals surface area contributed by atoms with Gasteiger partial charge in [0.15, 0.2) is 0 Å². The van der Waals surface area contributed by atoms with Crippen LogP contribution in [0.2, 0.25) is 0 Å². The lowest BCUT2D eigenvalue weighted by atomic mass is 9.76. The number of ether oxygens (including phenoxy) is 2. The molecule has 3 aliphatic rings. The van der Waals surface area contributed by atoms with Crippen molar-refractivity contribution in [2.24, 2.45) is 5.92 Å². The maximum Gasteiger partial charge on any atom is 0.408 e. The summed E-state index contributed by atoms with van der Waals surface area (Å²) in [5.74, 6) is 6.63. The predicted molar refractivity (Wildman–Crippen MR) is 163 cm³/mol. The third-order valence-electron chi connectivity index (χ3n) is 8.23. The zero-order valence-corrected chi connectivity index (χ0v) is 25.3. The minimum atomic E-state index is -0.553. The highest BCUT2D eigenvalue weighted by Gasteiger charge is 2.38. The molecule has 9 nitrogen and oxygen atoms in total. The molecule has 2 aromatic rings. The Labute approximate surface area is 254 Å². The highest BCUT2D eigenvalue weighted by molar-refractivity contribution is 5.79. The summed E-state index contributed by atoms with van der Waals surface area (Å²) in [6.07, 6.45) is 2.02. The highest BCUT2D eigenvalue weighted by Crippen LogP contribution is 2.38. The average molecular weight is 587 g/mol. The zero-order valence-electron chi connectivity index (χ0n) is 25.3. The van der Waals surface area contributed by atoms with Gasteiger partial charge in [0, 0.05) is 37.7 Å². The van der Waals surface area contributed by atoms with Crippen molar-refractivity contribution in [3.8, 4) is 11.8 Å². The summed E-state index contributed by atoms with van der Waals surface area (Å²) in [6.45, 7) is 8.29. The van der Waals surface area contributed by atoms with Crippen LogP contribution in [0.15, 0.2) is 54.6 Å². The Balaban J connectivity index is 1.23. The van der Waals surface area contributed by atoms with Gasteiger partial charge in [0.1, 0.15) is 12.2 Å². The molecular formula is C34H42N4O5. The van der Waals surface area contributed by atoms with E-state index in [9.17, 15) is 14.4 Å². The number of piperidine rings is 2. The average Bonchev–Trinajstić information content (AvgIpc) is 2.99. The molecule has 3 aliphatic heterocycles. The lowest BCUT2D eigenvalue weighted by molar-refractivity contribution is -0.139. The Morgan fingerprint density at radius 3 is 2.49 bits per heavy atom. The molecule has 0 spiro atoms. The van der Waals surface area contributed by atoms with Crippen molar-refractivity contribution >= 4 is 18.0 Å². The fourth-order valence-corrected chi connectivity index (χ4v) is 6.28. The van der Waals surface area contributed by atoms with E-state index in [0.717, 1.165) is 24.8 Å². The number of hydrogen-bond acceptors (Lipinski definition) is 5. The fraction of sp³-hybridized carbons (Fsp3) is 0.500. The third kappa shape index (κ3) is 8.08. The van der Waals surface area contributed by atoms with Gasteiger partial charge < -0.3 is 29.9 Å². The Bertz CT molecular complexity index is 1350. The van der Waals surface area contributed by atoms with Gasteiger partial charge in [-0.05, 0) is 69.2 Å². The van der Waals surface area contributed by atoms with Gasteiger partial charge in [0.05, 0.1) is 18.7 Å². The number of carbonyl (C=O) groups excluding carboxylic acids is 3. The van der Waals surface area contributed by atoms with Gasteiger partial charge in [0.25, 0.3) is 0 Å². The molecular weight excluding hydrogens is 544 g/mol. The molecule has 2 N–H and O–H groups in total. The molecule has 1 unspecified atom stereocenters. The van der Waals surface area contributed by atoms with Gasteiger partial charge in [-0.2, -0.15) is 0 Å². The van der Waals surface area contributed by atoms with E-state index in [4.69, 9.17) is 9.47 Å². The first-order valence-corrected chi connectivity index (χ1v) is 15.2. The van der Waals surface area contributed by atoms with Crippen LogP contribution in [0, 0.1) is 17.8 Å². The van der Waals surface area contributed by atoms with E-state index < -0.39 is 11.7 Å². The molecule has 5 rings (SSSR count). The first kappa shape index (κ1) is 30.4. The van der Waals surface area contributed by atoms with Crippen LogP contribution in [0.1, 0.15) is 62.6 Å². The largest absolute Gasteiger partial charge is 0.444 e. The highest BCUT2D eigenvalue weighted by atomic mass is 16.6. The summed E-state index contributed by atoms with van der Waals surface area (Å²) < 4.78 is 10.9. The second kappa shape index (κ2) is 13.5. The number of amides is 4. The van der Waals surface area contributed by atoms with Gasteiger partial charge in [-0.15, -0.1) is 0 Å². The number of alkyl carbamates (subject to hydrolysis) is 1. The predicted octanol–water partition coefficient (Wildman–Crippen LogP) is 4.12. The van der Waals surface area contributed by atoms with Gasteiger partial charge >= 0.3 is 12.1 Å². The van der Waals surface area contributed by atoms with Gasteiger partial charge in [-0.1, -0.05) is 54.3 Å². The Morgan fingerprint density at radius 2 is 1.74 bits per heavy atom. The molecule has 2 aromatic carbocycles. The molecule has 0 bridgehead atoms. The SMILES string of the molecule is CC(C)(C)OC(=O)NCC#Cc1cccc(C(c2ccccc2)C2CCN(C(=O)N3CC[C@@H]4OCC(=O)N[C@@H]4C3)CC2)c1. The normalized spacial score (nSPS) is 21.5. The van der Waals surface area contributed by atoms with Crippen LogP contribution in [0.5, 0.6) is 0 Å². The van der Waals surface area contributed by atoms with Gasteiger partial charge in [0.2, 0.25) is 5.91 Å². The first-order valence-electron chi connectivity index (χ1n) is 15.2. The number of fused-ring (bicyclic) bond motifs is 1. The number of morpholine rings is 1. The molecule has 0 saturated carbocycles. The minimum absolute atomic E-state index is 0.0131. The summed E-state index contributed by atoms with van der Waals surface area (Å²) >= 11 is 0. The summed E-state index contributed by atoms with van der Waals surface area (Å²) in [5, 5.41) is 5.67. The Kier molecular flexibility index (Phi) is 9.56. The quantitative estimate of drug-likeness (QED) is 0.526. The molecule has 0 radical (unpaired) electrons. The lowest BCUT2D eigenvalue weighted by Gasteiger charge is -2.44. The molecule has 3 fully saturated rings. The van der Waals surface area contributed by atoms with E-state index in [0.29, 0.717) is 32.1 Å². The van der Waals surface area contributed by atoms with Crippen molar-refractivity contribution in [2.75, 3.05) is 39.3 Å². The van der Waals surface area contributed by atoms with Crippen molar-refractivity contribution in [1.82, 2.24) is 20.4 Å². The standard InChI is InChI=1S/C34H42N4O5/c1-34(2,3)43-32(40)35-17-8-10-24-9-7-13-27(21-24)31(25-11-5-4-6-12-25)26-14-18-37(19-15-26)33(41)38-20-16-29-28(22-38)36-30(39)23-42-29/h4-7,9,11-13,21,26,28-29,31H,14-20,22-23H2,1-3H3,(H,35,40)(H,36,39)/t28-,29+,31?/m1/s1. The van der Waals surface area contributed by atoms with Crippen molar-refractivity contribution in [1.29, 1.82) is 0 Å². The van der Waals surface area contributed by atoms with E-state index in [-0.39, 0.29) is 43.2 Å². The van der Waals surface area contributed by atoms with E-state index in [2.05, 4.69) is 58.9 Å².